The molecule has 0 atom stereocenters. The molecular weight excluding hydrogens is 325 g/mol. The number of hydrogen-bond donors (Lipinski definition) is 0. The molecule has 1 aliphatic carbocycles. The van der Waals surface area contributed by atoms with E-state index in [9.17, 15) is 14.0 Å². The molecule has 1 fully saturated rings. The van der Waals surface area contributed by atoms with E-state index < -0.39 is 5.82 Å². The third-order valence-electron chi connectivity index (χ3n) is 4.85. The van der Waals surface area contributed by atoms with E-state index in [0.29, 0.717) is 11.1 Å². The SMILES string of the molecule is COC(=O)C1CCC(C#CN2Cc3cc(F)c(OC)cc3C2=O)CC1. The molecule has 25 heavy (non-hydrogen) atoms. The molecule has 1 aromatic rings. The predicted molar refractivity (Wildman–Crippen MR) is 88.1 cm³/mol. The summed E-state index contributed by atoms with van der Waals surface area (Å²) in [6, 6.07) is 5.67. The van der Waals surface area contributed by atoms with E-state index in [4.69, 9.17) is 9.47 Å². The van der Waals surface area contributed by atoms with Crippen LogP contribution in [0, 0.1) is 29.6 Å². The number of carbonyl (C=O) groups is 2. The molecule has 6 heteroatoms. The van der Waals surface area contributed by atoms with Gasteiger partial charge in [0.05, 0.1) is 26.7 Å². The van der Waals surface area contributed by atoms with Crippen molar-refractivity contribution >= 4 is 11.9 Å². The normalized spacial score (nSPS) is 22.0. The summed E-state index contributed by atoms with van der Waals surface area (Å²) in [6.45, 7) is 0.277. The van der Waals surface area contributed by atoms with Gasteiger partial charge in [0.2, 0.25) is 0 Å². The Morgan fingerprint density at radius 3 is 2.60 bits per heavy atom. The van der Waals surface area contributed by atoms with Gasteiger partial charge in [0, 0.05) is 17.5 Å². The maximum absolute atomic E-state index is 13.8. The summed E-state index contributed by atoms with van der Waals surface area (Å²) < 4.78 is 23.5. The highest BCUT2D eigenvalue weighted by molar-refractivity contribution is 5.99. The molecule has 1 heterocycles. The quantitative estimate of drug-likeness (QED) is 0.611. The number of ether oxygens (including phenoxy) is 2. The fraction of sp³-hybridized carbons (Fsp3) is 0.474. The highest BCUT2D eigenvalue weighted by atomic mass is 19.1. The average molecular weight is 345 g/mol. The number of benzene rings is 1. The van der Waals surface area contributed by atoms with Gasteiger partial charge in [-0.3, -0.25) is 14.5 Å². The number of hydrogen-bond acceptors (Lipinski definition) is 4. The summed E-state index contributed by atoms with van der Waals surface area (Å²) >= 11 is 0. The highest BCUT2D eigenvalue weighted by Gasteiger charge is 2.29. The van der Waals surface area contributed by atoms with Gasteiger partial charge in [0.1, 0.15) is 0 Å². The summed E-state index contributed by atoms with van der Waals surface area (Å²) in [4.78, 5) is 25.4. The molecule has 0 radical (unpaired) electrons. The van der Waals surface area contributed by atoms with Crippen molar-refractivity contribution in [2.24, 2.45) is 11.8 Å². The lowest BCUT2D eigenvalue weighted by atomic mass is 9.82. The minimum absolute atomic E-state index is 0.0452. The molecule has 0 spiro atoms. The van der Waals surface area contributed by atoms with Gasteiger partial charge in [0.25, 0.3) is 5.91 Å². The Labute approximate surface area is 146 Å². The third-order valence-corrected chi connectivity index (χ3v) is 4.85. The Hall–Kier alpha value is -2.55. The maximum atomic E-state index is 13.8. The fourth-order valence-electron chi connectivity index (χ4n) is 3.37. The Balaban J connectivity index is 1.65. The molecule has 5 nitrogen and oxygen atoms in total. The summed E-state index contributed by atoms with van der Waals surface area (Å²) in [7, 11) is 2.77. The first kappa shape index (κ1) is 17.3. The van der Waals surface area contributed by atoms with E-state index in [-0.39, 0.29) is 36.0 Å². The molecule has 2 aliphatic rings. The van der Waals surface area contributed by atoms with Gasteiger partial charge < -0.3 is 9.47 Å². The van der Waals surface area contributed by atoms with Crippen molar-refractivity contribution in [3.05, 3.63) is 29.1 Å². The second-order valence-electron chi connectivity index (χ2n) is 6.36. The van der Waals surface area contributed by atoms with Crippen molar-refractivity contribution in [3.63, 3.8) is 0 Å². The van der Waals surface area contributed by atoms with E-state index in [1.165, 1.54) is 31.3 Å². The number of methoxy groups -OCH3 is 2. The maximum Gasteiger partial charge on any atom is 0.308 e. The minimum Gasteiger partial charge on any atom is -0.494 e. The average Bonchev–Trinajstić information content (AvgIpc) is 2.93. The van der Waals surface area contributed by atoms with Crippen molar-refractivity contribution in [3.8, 4) is 17.7 Å². The highest BCUT2D eigenvalue weighted by Crippen LogP contribution is 2.31. The number of fused-ring (bicyclic) bond motifs is 1. The monoisotopic (exact) mass is 345 g/mol. The molecule has 1 saturated carbocycles. The van der Waals surface area contributed by atoms with E-state index in [0.717, 1.165) is 25.7 Å². The fourth-order valence-corrected chi connectivity index (χ4v) is 3.37. The number of rotatable bonds is 2. The summed E-state index contributed by atoms with van der Waals surface area (Å²) in [5, 5.41) is 0. The largest absolute Gasteiger partial charge is 0.494 e. The van der Waals surface area contributed by atoms with Crippen molar-refractivity contribution in [1.82, 2.24) is 4.90 Å². The minimum atomic E-state index is -0.481. The number of esters is 1. The lowest BCUT2D eigenvalue weighted by Crippen LogP contribution is -2.23. The Kier molecular flexibility index (Phi) is 4.93. The van der Waals surface area contributed by atoms with Crippen LogP contribution in [0.5, 0.6) is 5.75 Å². The molecule has 3 rings (SSSR count). The first-order valence-electron chi connectivity index (χ1n) is 8.30. The Morgan fingerprint density at radius 1 is 1.24 bits per heavy atom. The van der Waals surface area contributed by atoms with Crippen molar-refractivity contribution in [1.29, 1.82) is 0 Å². The standard InChI is InChI=1S/C19H20FNO4/c1-24-17-10-15-14(9-16(17)20)11-21(18(15)22)8-7-12-3-5-13(6-4-12)19(23)25-2/h9-10,12-13H,3-6,11H2,1-2H3. The smallest absolute Gasteiger partial charge is 0.308 e. The van der Waals surface area contributed by atoms with Crippen LogP contribution in [-0.4, -0.2) is 31.0 Å². The molecular formula is C19H20FNO4. The first-order chi connectivity index (χ1) is 12.0. The van der Waals surface area contributed by atoms with Gasteiger partial charge >= 0.3 is 5.97 Å². The predicted octanol–water partition coefficient (Wildman–Crippen LogP) is 2.73. The zero-order valence-corrected chi connectivity index (χ0v) is 14.3. The molecule has 1 amide bonds. The summed E-state index contributed by atoms with van der Waals surface area (Å²) in [6.07, 6.45) is 3.12. The molecule has 0 unspecified atom stereocenters. The van der Waals surface area contributed by atoms with Gasteiger partial charge in [0.15, 0.2) is 11.6 Å². The molecule has 0 bridgehead atoms. The zero-order valence-electron chi connectivity index (χ0n) is 14.3. The van der Waals surface area contributed by atoms with Crippen LogP contribution in [0.2, 0.25) is 0 Å². The van der Waals surface area contributed by atoms with E-state index in [1.54, 1.807) is 0 Å². The number of carbonyl (C=O) groups excluding carboxylic acids is 2. The van der Waals surface area contributed by atoms with Gasteiger partial charge in [-0.05, 0) is 43.4 Å². The summed E-state index contributed by atoms with van der Waals surface area (Å²) in [5.41, 5.74) is 1.05. The van der Waals surface area contributed by atoms with Gasteiger partial charge in [-0.2, -0.15) is 0 Å². The topological polar surface area (TPSA) is 55.8 Å². The second kappa shape index (κ2) is 7.14. The summed E-state index contributed by atoms with van der Waals surface area (Å²) in [5.74, 6) is 2.42. The Morgan fingerprint density at radius 2 is 1.96 bits per heavy atom. The van der Waals surface area contributed by atoms with Crippen LogP contribution in [0.3, 0.4) is 0 Å². The molecule has 0 aromatic heterocycles. The molecule has 0 saturated heterocycles. The molecule has 1 aromatic carbocycles. The number of amides is 1. The zero-order chi connectivity index (χ0) is 18.0. The van der Waals surface area contributed by atoms with Gasteiger partial charge in [-0.15, -0.1) is 0 Å². The van der Waals surface area contributed by atoms with Crippen LogP contribution in [0.25, 0.3) is 0 Å². The van der Waals surface area contributed by atoms with Crippen LogP contribution in [0.1, 0.15) is 41.6 Å². The Bertz CT molecular complexity index is 757. The first-order valence-corrected chi connectivity index (χ1v) is 8.30. The van der Waals surface area contributed by atoms with E-state index in [2.05, 4.69) is 12.0 Å². The van der Waals surface area contributed by atoms with Crippen molar-refractivity contribution in [2.75, 3.05) is 14.2 Å². The van der Waals surface area contributed by atoms with Gasteiger partial charge in [-0.25, -0.2) is 4.39 Å². The number of nitrogens with zero attached hydrogens (tertiary/aromatic N) is 1. The lowest BCUT2D eigenvalue weighted by Gasteiger charge is -2.23. The van der Waals surface area contributed by atoms with Crippen LogP contribution >= 0.6 is 0 Å². The van der Waals surface area contributed by atoms with E-state index in [1.807, 2.05) is 0 Å². The van der Waals surface area contributed by atoms with Crippen LogP contribution in [-0.2, 0) is 16.1 Å². The third kappa shape index (κ3) is 3.46. The molecule has 0 N–H and O–H groups in total. The van der Waals surface area contributed by atoms with Crippen LogP contribution in [0.15, 0.2) is 12.1 Å². The number of halogens is 1. The van der Waals surface area contributed by atoms with Crippen molar-refractivity contribution in [2.45, 2.75) is 32.2 Å². The van der Waals surface area contributed by atoms with Crippen molar-refractivity contribution < 1.29 is 23.5 Å². The van der Waals surface area contributed by atoms with E-state index >= 15 is 0 Å². The second-order valence-corrected chi connectivity index (χ2v) is 6.36. The lowest BCUT2D eigenvalue weighted by molar-refractivity contribution is -0.146. The van der Waals surface area contributed by atoms with Gasteiger partial charge in [-0.1, -0.05) is 5.92 Å². The van der Waals surface area contributed by atoms with Crippen LogP contribution < -0.4 is 4.74 Å². The molecule has 1 aliphatic heterocycles. The van der Waals surface area contributed by atoms with Crippen LogP contribution in [0.4, 0.5) is 4.39 Å². The molecule has 132 valence electrons.